The Morgan fingerprint density at radius 1 is 1.12 bits per heavy atom. The van der Waals surface area contributed by atoms with Gasteiger partial charge in [0.1, 0.15) is 0 Å². The number of carbonyl (C=O) groups excluding carboxylic acids is 1. The van der Waals surface area contributed by atoms with Crippen molar-refractivity contribution >= 4 is 11.6 Å². The van der Waals surface area contributed by atoms with Gasteiger partial charge in [-0.1, -0.05) is 12.1 Å². The Morgan fingerprint density at radius 3 is 2.45 bits per heavy atom. The zero-order chi connectivity index (χ0) is 23.6. The average molecular weight is 460 g/mol. The molecular formula is C22H19F3N4O4. The molecule has 1 amide bonds. The third-order valence-corrected chi connectivity index (χ3v) is 5.53. The van der Waals surface area contributed by atoms with Crippen LogP contribution in [0.4, 0.5) is 18.9 Å². The quantitative estimate of drug-likeness (QED) is 0.407. The van der Waals surface area contributed by atoms with Gasteiger partial charge in [-0.05, 0) is 42.7 Å². The summed E-state index contributed by atoms with van der Waals surface area (Å²) in [6.07, 6.45) is -2.85. The van der Waals surface area contributed by atoms with E-state index >= 15 is 0 Å². The van der Waals surface area contributed by atoms with Gasteiger partial charge in [0.05, 0.1) is 22.8 Å². The first-order valence-electron chi connectivity index (χ1n) is 10.2. The summed E-state index contributed by atoms with van der Waals surface area (Å²) in [7, 11) is 0. The number of likely N-dealkylation sites (tertiary alicyclic amines) is 1. The lowest BCUT2D eigenvalue weighted by molar-refractivity contribution is -0.384. The number of rotatable bonds is 5. The number of non-ortho nitro benzene ring substituents is 1. The van der Waals surface area contributed by atoms with Crippen LogP contribution in [-0.4, -0.2) is 39.0 Å². The highest BCUT2D eigenvalue weighted by Crippen LogP contribution is 2.32. The number of piperidine rings is 1. The van der Waals surface area contributed by atoms with E-state index < -0.39 is 16.7 Å². The number of nitro benzene ring substituents is 1. The molecule has 1 unspecified atom stereocenters. The van der Waals surface area contributed by atoms with Gasteiger partial charge in [0.25, 0.3) is 5.69 Å². The topological polar surface area (TPSA) is 102 Å². The number of hydrogen-bond acceptors (Lipinski definition) is 6. The Kier molecular flexibility index (Phi) is 6.12. The Hall–Kier alpha value is -3.76. The summed E-state index contributed by atoms with van der Waals surface area (Å²) in [6.45, 7) is 0.947. The first-order valence-corrected chi connectivity index (χ1v) is 10.2. The van der Waals surface area contributed by atoms with Crippen molar-refractivity contribution in [3.8, 4) is 11.5 Å². The maximum absolute atomic E-state index is 12.7. The molecular weight excluding hydrogens is 441 g/mol. The van der Waals surface area contributed by atoms with Crippen LogP contribution in [0.2, 0.25) is 0 Å². The fraction of sp³-hybridized carbons (Fsp3) is 0.318. The van der Waals surface area contributed by atoms with E-state index in [1.54, 1.807) is 17.0 Å². The number of halogens is 3. The van der Waals surface area contributed by atoms with E-state index in [9.17, 15) is 28.1 Å². The molecule has 0 bridgehead atoms. The standard InChI is InChI=1S/C22H19F3N4O4/c23-22(24,25)17-7-5-15(6-8-17)20-26-27-21(33-20)16-2-1-11-28(13-16)19(30)12-14-3-9-18(10-4-14)29(31)32/h3-10,16H,1-2,11-13H2. The largest absolute Gasteiger partial charge is 0.420 e. The second-order valence-corrected chi connectivity index (χ2v) is 7.80. The molecule has 3 aromatic rings. The molecule has 33 heavy (non-hydrogen) atoms. The van der Waals surface area contributed by atoms with Crippen LogP contribution in [0.25, 0.3) is 11.5 Å². The van der Waals surface area contributed by atoms with E-state index in [0.717, 1.165) is 25.0 Å². The minimum atomic E-state index is -4.43. The summed E-state index contributed by atoms with van der Waals surface area (Å²) in [6, 6.07) is 10.3. The van der Waals surface area contributed by atoms with Crippen LogP contribution < -0.4 is 0 Å². The van der Waals surface area contributed by atoms with Crippen LogP contribution in [0.3, 0.4) is 0 Å². The predicted octanol–water partition coefficient (Wildman–Crippen LogP) is 4.61. The van der Waals surface area contributed by atoms with Crippen molar-refractivity contribution in [2.45, 2.75) is 31.4 Å². The van der Waals surface area contributed by atoms with Gasteiger partial charge < -0.3 is 9.32 Å². The van der Waals surface area contributed by atoms with Crippen molar-refractivity contribution in [2.24, 2.45) is 0 Å². The Morgan fingerprint density at radius 2 is 1.82 bits per heavy atom. The molecule has 1 atom stereocenters. The maximum Gasteiger partial charge on any atom is 0.416 e. The fourth-order valence-corrected chi connectivity index (χ4v) is 3.75. The van der Waals surface area contributed by atoms with Crippen molar-refractivity contribution in [2.75, 3.05) is 13.1 Å². The van der Waals surface area contributed by atoms with Crippen molar-refractivity contribution in [1.29, 1.82) is 0 Å². The second kappa shape index (κ2) is 9.00. The molecule has 1 aromatic heterocycles. The molecule has 172 valence electrons. The smallest absolute Gasteiger partial charge is 0.416 e. The van der Waals surface area contributed by atoms with Crippen LogP contribution in [0.15, 0.2) is 52.9 Å². The minimum Gasteiger partial charge on any atom is -0.420 e. The summed E-state index contributed by atoms with van der Waals surface area (Å²) in [4.78, 5) is 24.7. The Balaban J connectivity index is 1.41. The van der Waals surface area contributed by atoms with Gasteiger partial charge >= 0.3 is 6.18 Å². The van der Waals surface area contributed by atoms with Gasteiger partial charge in [-0.3, -0.25) is 14.9 Å². The Bertz CT molecular complexity index is 1140. The molecule has 0 aliphatic carbocycles. The third-order valence-electron chi connectivity index (χ3n) is 5.53. The van der Waals surface area contributed by atoms with E-state index in [2.05, 4.69) is 10.2 Å². The molecule has 1 saturated heterocycles. The number of amides is 1. The summed E-state index contributed by atoms with van der Waals surface area (Å²) in [5.74, 6) is 0.150. The number of aromatic nitrogens is 2. The van der Waals surface area contributed by atoms with Crippen LogP contribution in [0.1, 0.15) is 35.8 Å². The lowest BCUT2D eigenvalue weighted by Gasteiger charge is -2.31. The maximum atomic E-state index is 12.7. The first-order chi connectivity index (χ1) is 15.7. The second-order valence-electron chi connectivity index (χ2n) is 7.80. The fourth-order valence-electron chi connectivity index (χ4n) is 3.75. The SMILES string of the molecule is O=C(Cc1ccc([N+](=O)[O-])cc1)N1CCCC(c2nnc(-c3ccc(C(F)(F)F)cc3)o2)C1. The lowest BCUT2D eigenvalue weighted by atomic mass is 9.97. The molecule has 1 fully saturated rings. The van der Waals surface area contributed by atoms with Gasteiger partial charge in [-0.15, -0.1) is 10.2 Å². The number of alkyl halides is 3. The highest BCUT2D eigenvalue weighted by Gasteiger charge is 2.31. The van der Waals surface area contributed by atoms with Crippen molar-refractivity contribution < 1.29 is 27.3 Å². The molecule has 0 saturated carbocycles. The van der Waals surface area contributed by atoms with Gasteiger partial charge in [0, 0.05) is 30.8 Å². The molecule has 4 rings (SSSR count). The lowest BCUT2D eigenvalue weighted by Crippen LogP contribution is -2.40. The molecule has 1 aliphatic heterocycles. The first kappa shape index (κ1) is 22.4. The van der Waals surface area contributed by atoms with E-state index in [1.165, 1.54) is 24.3 Å². The predicted molar refractivity (Wildman–Crippen MR) is 110 cm³/mol. The minimum absolute atomic E-state index is 0.0375. The van der Waals surface area contributed by atoms with Gasteiger partial charge in [-0.25, -0.2) is 0 Å². The zero-order valence-electron chi connectivity index (χ0n) is 17.3. The van der Waals surface area contributed by atoms with Crippen LogP contribution >= 0.6 is 0 Å². The van der Waals surface area contributed by atoms with E-state index in [-0.39, 0.29) is 29.8 Å². The number of carbonyl (C=O) groups is 1. The summed E-state index contributed by atoms with van der Waals surface area (Å²) in [5, 5.41) is 18.8. The Labute approximate surface area is 186 Å². The number of nitrogens with zero attached hydrogens (tertiary/aromatic N) is 4. The molecule has 0 N–H and O–H groups in total. The van der Waals surface area contributed by atoms with Crippen molar-refractivity contribution in [3.05, 3.63) is 75.7 Å². The highest BCUT2D eigenvalue weighted by molar-refractivity contribution is 5.79. The van der Waals surface area contributed by atoms with E-state index in [0.29, 0.717) is 30.1 Å². The summed E-state index contributed by atoms with van der Waals surface area (Å²) in [5.41, 5.74) is 0.253. The monoisotopic (exact) mass is 460 g/mol. The van der Waals surface area contributed by atoms with Crippen LogP contribution in [0.5, 0.6) is 0 Å². The van der Waals surface area contributed by atoms with Crippen LogP contribution in [0, 0.1) is 10.1 Å². The van der Waals surface area contributed by atoms with E-state index in [1.807, 2.05) is 0 Å². The number of benzene rings is 2. The van der Waals surface area contributed by atoms with E-state index in [4.69, 9.17) is 4.42 Å². The highest BCUT2D eigenvalue weighted by atomic mass is 19.4. The normalized spacial score (nSPS) is 16.6. The van der Waals surface area contributed by atoms with Gasteiger partial charge in [0.15, 0.2) is 0 Å². The number of nitro groups is 1. The van der Waals surface area contributed by atoms with Crippen LogP contribution in [-0.2, 0) is 17.4 Å². The zero-order valence-corrected chi connectivity index (χ0v) is 17.3. The van der Waals surface area contributed by atoms with Gasteiger partial charge in [-0.2, -0.15) is 13.2 Å². The molecule has 2 heterocycles. The van der Waals surface area contributed by atoms with Crippen molar-refractivity contribution in [1.82, 2.24) is 15.1 Å². The summed E-state index contributed by atoms with van der Waals surface area (Å²) < 4.78 is 44.0. The number of hydrogen-bond donors (Lipinski definition) is 0. The molecule has 0 radical (unpaired) electrons. The molecule has 0 spiro atoms. The van der Waals surface area contributed by atoms with Gasteiger partial charge in [0.2, 0.25) is 17.7 Å². The molecule has 1 aliphatic rings. The van der Waals surface area contributed by atoms with Crippen molar-refractivity contribution in [3.63, 3.8) is 0 Å². The third kappa shape index (κ3) is 5.18. The molecule has 2 aromatic carbocycles. The average Bonchev–Trinajstić information content (AvgIpc) is 3.29. The molecule has 8 nitrogen and oxygen atoms in total. The summed E-state index contributed by atoms with van der Waals surface area (Å²) >= 11 is 0. The molecule has 11 heteroatoms.